The molecule has 0 radical (unpaired) electrons. The van der Waals surface area contributed by atoms with Crippen LogP contribution in [-0.2, 0) is 20.9 Å². The summed E-state index contributed by atoms with van der Waals surface area (Å²) in [7, 11) is 0. The third kappa shape index (κ3) is 4.40. The van der Waals surface area contributed by atoms with E-state index in [9.17, 15) is 14.4 Å². The first-order valence-corrected chi connectivity index (χ1v) is 9.96. The predicted molar refractivity (Wildman–Crippen MR) is 106 cm³/mol. The number of aryl methyl sites for hydroxylation is 1. The Labute approximate surface area is 164 Å². The quantitative estimate of drug-likeness (QED) is 0.714. The Morgan fingerprint density at radius 2 is 2.07 bits per heavy atom. The van der Waals surface area contributed by atoms with Crippen molar-refractivity contribution in [1.82, 2.24) is 14.7 Å². The van der Waals surface area contributed by atoms with Gasteiger partial charge in [0, 0.05) is 18.0 Å². The molecule has 0 saturated carbocycles. The van der Waals surface area contributed by atoms with Gasteiger partial charge in [-0.1, -0.05) is 19.1 Å². The fourth-order valence-corrected chi connectivity index (χ4v) is 3.79. The second-order valence-corrected chi connectivity index (χ2v) is 7.22. The third-order valence-electron chi connectivity index (χ3n) is 5.33. The van der Waals surface area contributed by atoms with Gasteiger partial charge in [-0.25, -0.2) is 0 Å². The van der Waals surface area contributed by atoms with Crippen LogP contribution in [0.5, 0.6) is 0 Å². The van der Waals surface area contributed by atoms with Gasteiger partial charge in [-0.05, 0) is 44.7 Å². The first-order chi connectivity index (χ1) is 13.5. The number of fused-ring (bicyclic) bond motifs is 1. The Morgan fingerprint density at radius 3 is 2.86 bits per heavy atom. The van der Waals surface area contributed by atoms with Crippen LogP contribution in [0.15, 0.2) is 35.3 Å². The first kappa shape index (κ1) is 20.0. The molecule has 0 bridgehead atoms. The van der Waals surface area contributed by atoms with Crippen LogP contribution in [0.25, 0.3) is 10.9 Å². The molecule has 7 heteroatoms. The minimum atomic E-state index is -0.793. The van der Waals surface area contributed by atoms with Gasteiger partial charge in [-0.3, -0.25) is 19.1 Å². The van der Waals surface area contributed by atoms with Crippen molar-refractivity contribution in [3.05, 3.63) is 40.7 Å². The summed E-state index contributed by atoms with van der Waals surface area (Å²) in [4.78, 5) is 38.7. The van der Waals surface area contributed by atoms with Crippen LogP contribution in [0.1, 0.15) is 46.0 Å². The first-order valence-electron chi connectivity index (χ1n) is 9.96. The number of ether oxygens (including phenoxy) is 1. The van der Waals surface area contributed by atoms with Crippen molar-refractivity contribution < 1.29 is 14.3 Å². The molecule has 1 aromatic carbocycles. The van der Waals surface area contributed by atoms with Gasteiger partial charge >= 0.3 is 5.97 Å². The van der Waals surface area contributed by atoms with Crippen molar-refractivity contribution >= 4 is 22.8 Å². The number of likely N-dealkylation sites (tertiary alicyclic amines) is 1. The summed E-state index contributed by atoms with van der Waals surface area (Å²) in [6, 6.07) is 7.38. The molecule has 2 aromatic rings. The molecule has 0 N–H and O–H groups in total. The molecule has 2 atom stereocenters. The molecule has 1 aliphatic rings. The van der Waals surface area contributed by atoms with E-state index in [-0.39, 0.29) is 30.3 Å². The highest BCUT2D eigenvalue weighted by Crippen LogP contribution is 2.21. The van der Waals surface area contributed by atoms with Crippen LogP contribution < -0.4 is 5.43 Å². The van der Waals surface area contributed by atoms with Crippen molar-refractivity contribution in [2.45, 2.75) is 64.6 Å². The lowest BCUT2D eigenvalue weighted by Gasteiger charge is -2.36. The van der Waals surface area contributed by atoms with Crippen LogP contribution >= 0.6 is 0 Å². The minimum Gasteiger partial charge on any atom is -0.452 e. The van der Waals surface area contributed by atoms with Crippen LogP contribution in [-0.4, -0.2) is 45.2 Å². The molecule has 1 aromatic heterocycles. The van der Waals surface area contributed by atoms with Crippen LogP contribution in [0.2, 0.25) is 0 Å². The maximum absolute atomic E-state index is 12.7. The van der Waals surface area contributed by atoms with Crippen molar-refractivity contribution in [2.75, 3.05) is 6.54 Å². The lowest BCUT2D eigenvalue weighted by Crippen LogP contribution is -2.48. The van der Waals surface area contributed by atoms with E-state index in [0.29, 0.717) is 10.9 Å². The normalized spacial score (nSPS) is 18.1. The van der Waals surface area contributed by atoms with Crippen molar-refractivity contribution in [3.8, 4) is 0 Å². The number of carbonyl (C=O) groups excluding carboxylic acids is 2. The molecular formula is C21H27N3O4. The van der Waals surface area contributed by atoms with E-state index >= 15 is 0 Å². The Kier molecular flexibility index (Phi) is 6.44. The summed E-state index contributed by atoms with van der Waals surface area (Å²) >= 11 is 0. The smallest absolute Gasteiger partial charge is 0.308 e. The molecular weight excluding hydrogens is 358 g/mol. The van der Waals surface area contributed by atoms with Crippen molar-refractivity contribution in [3.63, 3.8) is 0 Å². The second kappa shape index (κ2) is 8.99. The highest BCUT2D eigenvalue weighted by Gasteiger charge is 2.30. The highest BCUT2D eigenvalue weighted by atomic mass is 16.5. The topological polar surface area (TPSA) is 81.5 Å². The molecule has 28 heavy (non-hydrogen) atoms. The molecule has 3 rings (SSSR count). The number of para-hydroxylation sites is 1. The van der Waals surface area contributed by atoms with Gasteiger partial charge in [0.25, 0.3) is 5.91 Å². The Balaban J connectivity index is 1.59. The predicted octanol–water partition coefficient (Wildman–Crippen LogP) is 2.51. The molecule has 2 heterocycles. The van der Waals surface area contributed by atoms with Gasteiger partial charge in [0.15, 0.2) is 6.10 Å². The van der Waals surface area contributed by atoms with Gasteiger partial charge in [0.2, 0.25) is 5.43 Å². The van der Waals surface area contributed by atoms with Crippen LogP contribution in [0.3, 0.4) is 0 Å². The highest BCUT2D eigenvalue weighted by molar-refractivity contribution is 5.84. The maximum atomic E-state index is 12.7. The van der Waals surface area contributed by atoms with E-state index in [4.69, 9.17) is 4.74 Å². The summed E-state index contributed by atoms with van der Waals surface area (Å²) < 4.78 is 7.00. The van der Waals surface area contributed by atoms with Gasteiger partial charge in [0.1, 0.15) is 0 Å². The van der Waals surface area contributed by atoms with Gasteiger partial charge in [0.05, 0.1) is 24.7 Å². The summed E-state index contributed by atoms with van der Waals surface area (Å²) in [6.07, 6.45) is 4.59. The van der Waals surface area contributed by atoms with E-state index < -0.39 is 12.1 Å². The van der Waals surface area contributed by atoms with E-state index in [1.165, 1.54) is 6.20 Å². The summed E-state index contributed by atoms with van der Waals surface area (Å²) in [5, 5.41) is 4.67. The van der Waals surface area contributed by atoms with E-state index in [2.05, 4.69) is 12.0 Å². The molecule has 1 amide bonds. The number of amides is 1. The standard InChI is InChI=1S/C21H27N3O4/c1-3-16-8-6-7-12-23(16)21(27)15(2)28-20(26)11-13-24-18-10-5-4-9-17(18)19(25)14-22-24/h4-5,9-10,14-16H,3,6-8,11-13H2,1-2H3. The number of piperidine rings is 1. The number of rotatable bonds is 6. The summed E-state index contributed by atoms with van der Waals surface area (Å²) in [6.45, 7) is 4.72. The lowest BCUT2D eigenvalue weighted by atomic mass is 9.99. The molecule has 7 nitrogen and oxygen atoms in total. The average Bonchev–Trinajstić information content (AvgIpc) is 2.72. The SMILES string of the molecule is CCC1CCCCN1C(=O)C(C)OC(=O)CCn1ncc(=O)c2ccccc21. The van der Waals surface area contributed by atoms with E-state index in [1.54, 1.807) is 29.8 Å². The number of hydrogen-bond donors (Lipinski definition) is 0. The van der Waals surface area contributed by atoms with E-state index in [1.807, 2.05) is 11.0 Å². The van der Waals surface area contributed by atoms with Crippen LogP contribution in [0, 0.1) is 0 Å². The third-order valence-corrected chi connectivity index (χ3v) is 5.33. The van der Waals surface area contributed by atoms with E-state index in [0.717, 1.165) is 32.2 Å². The number of hydrogen-bond acceptors (Lipinski definition) is 5. The molecule has 1 fully saturated rings. The molecule has 2 unspecified atom stereocenters. The fourth-order valence-electron chi connectivity index (χ4n) is 3.79. The zero-order chi connectivity index (χ0) is 20.1. The average molecular weight is 385 g/mol. The largest absolute Gasteiger partial charge is 0.452 e. The number of esters is 1. The van der Waals surface area contributed by atoms with Crippen molar-refractivity contribution in [1.29, 1.82) is 0 Å². The number of nitrogens with zero attached hydrogens (tertiary/aromatic N) is 3. The monoisotopic (exact) mass is 385 g/mol. The lowest BCUT2D eigenvalue weighted by molar-refractivity contribution is -0.161. The Morgan fingerprint density at radius 1 is 1.29 bits per heavy atom. The minimum absolute atomic E-state index is 0.0781. The van der Waals surface area contributed by atoms with Gasteiger partial charge in [-0.2, -0.15) is 5.10 Å². The number of aromatic nitrogens is 2. The van der Waals surface area contributed by atoms with Crippen molar-refractivity contribution in [2.24, 2.45) is 0 Å². The fraction of sp³-hybridized carbons (Fsp3) is 0.524. The zero-order valence-electron chi connectivity index (χ0n) is 16.5. The zero-order valence-corrected chi connectivity index (χ0v) is 16.5. The number of benzene rings is 1. The van der Waals surface area contributed by atoms with Crippen LogP contribution in [0.4, 0.5) is 0 Å². The summed E-state index contributed by atoms with van der Waals surface area (Å²) in [5.74, 6) is -0.567. The summed E-state index contributed by atoms with van der Waals surface area (Å²) in [5.41, 5.74) is 0.520. The molecule has 0 spiro atoms. The van der Waals surface area contributed by atoms with Gasteiger partial charge in [-0.15, -0.1) is 0 Å². The van der Waals surface area contributed by atoms with Gasteiger partial charge < -0.3 is 9.64 Å². The molecule has 150 valence electrons. The Bertz CT molecular complexity index is 908. The second-order valence-electron chi connectivity index (χ2n) is 7.22. The number of carbonyl (C=O) groups is 2. The molecule has 1 saturated heterocycles. The molecule has 1 aliphatic heterocycles. The Hall–Kier alpha value is -2.70. The maximum Gasteiger partial charge on any atom is 0.308 e. The molecule has 0 aliphatic carbocycles.